The number of methoxy groups -OCH3 is 2. The van der Waals surface area contributed by atoms with Gasteiger partial charge in [0, 0.05) is 5.56 Å². The zero-order valence-corrected chi connectivity index (χ0v) is 14.1. The largest absolute Gasteiger partial charge is 0.497 e. The molecule has 2 aromatic carbocycles. The van der Waals surface area contributed by atoms with Crippen LogP contribution >= 0.6 is 0 Å². The number of nitrogens with one attached hydrogen (secondary N) is 1. The van der Waals surface area contributed by atoms with Crippen molar-refractivity contribution in [3.8, 4) is 11.5 Å². The van der Waals surface area contributed by atoms with E-state index in [1.165, 1.54) is 32.6 Å². The third kappa shape index (κ3) is 5.23. The van der Waals surface area contributed by atoms with Gasteiger partial charge in [-0.1, -0.05) is 18.2 Å². The van der Waals surface area contributed by atoms with Crippen LogP contribution in [-0.2, 0) is 17.4 Å². The molecular weight excluding hydrogens is 349 g/mol. The number of benzene rings is 2. The highest BCUT2D eigenvalue weighted by Gasteiger charge is 2.30. The van der Waals surface area contributed by atoms with Crippen molar-refractivity contribution in [3.63, 3.8) is 0 Å². The number of hydrogen-bond donors (Lipinski definition) is 1. The van der Waals surface area contributed by atoms with Gasteiger partial charge in [-0.25, -0.2) is 5.43 Å². The first-order valence-corrected chi connectivity index (χ1v) is 7.53. The van der Waals surface area contributed by atoms with E-state index < -0.39 is 17.6 Å². The molecule has 5 nitrogen and oxygen atoms in total. The lowest BCUT2D eigenvalue weighted by Gasteiger charge is -2.08. The molecule has 0 bridgehead atoms. The Balaban J connectivity index is 2.02. The average Bonchev–Trinajstić information content (AvgIpc) is 2.61. The molecule has 26 heavy (non-hydrogen) atoms. The van der Waals surface area contributed by atoms with E-state index in [-0.39, 0.29) is 12.0 Å². The fourth-order valence-electron chi connectivity index (χ4n) is 2.20. The predicted molar refractivity (Wildman–Crippen MR) is 90.4 cm³/mol. The van der Waals surface area contributed by atoms with Crippen molar-refractivity contribution in [2.45, 2.75) is 12.6 Å². The minimum atomic E-state index is -4.45. The Morgan fingerprint density at radius 1 is 1.15 bits per heavy atom. The smallest absolute Gasteiger partial charge is 0.416 e. The van der Waals surface area contributed by atoms with Gasteiger partial charge in [0.05, 0.1) is 32.4 Å². The zero-order chi connectivity index (χ0) is 19.2. The van der Waals surface area contributed by atoms with Crippen molar-refractivity contribution < 1.29 is 27.4 Å². The highest BCUT2D eigenvalue weighted by atomic mass is 19.4. The predicted octanol–water partition coefficient (Wildman–Crippen LogP) is 3.42. The van der Waals surface area contributed by atoms with Crippen LogP contribution in [0.3, 0.4) is 0 Å². The van der Waals surface area contributed by atoms with E-state index >= 15 is 0 Å². The van der Waals surface area contributed by atoms with E-state index in [0.717, 1.165) is 12.1 Å². The number of hydrogen-bond acceptors (Lipinski definition) is 4. The minimum Gasteiger partial charge on any atom is -0.497 e. The lowest BCUT2D eigenvalue weighted by atomic mass is 10.1. The molecule has 0 aliphatic carbocycles. The summed E-state index contributed by atoms with van der Waals surface area (Å²) in [5.41, 5.74) is 2.30. The molecule has 0 saturated heterocycles. The van der Waals surface area contributed by atoms with E-state index in [1.54, 1.807) is 18.2 Å². The minimum absolute atomic E-state index is 0.226. The monoisotopic (exact) mass is 366 g/mol. The number of rotatable bonds is 6. The van der Waals surface area contributed by atoms with Crippen molar-refractivity contribution in [2.75, 3.05) is 14.2 Å². The van der Waals surface area contributed by atoms with Crippen LogP contribution in [0.4, 0.5) is 13.2 Å². The van der Waals surface area contributed by atoms with Gasteiger partial charge in [-0.15, -0.1) is 0 Å². The van der Waals surface area contributed by atoms with Crippen molar-refractivity contribution >= 4 is 12.1 Å². The zero-order valence-electron chi connectivity index (χ0n) is 14.1. The average molecular weight is 366 g/mol. The molecule has 2 aromatic rings. The maximum atomic E-state index is 12.7. The fraction of sp³-hybridized carbons (Fsp3) is 0.222. The molecule has 0 spiro atoms. The molecule has 0 heterocycles. The number of amides is 1. The molecule has 0 atom stereocenters. The Bertz CT molecular complexity index is 805. The van der Waals surface area contributed by atoms with Gasteiger partial charge in [0.25, 0.3) is 0 Å². The molecule has 0 radical (unpaired) electrons. The first kappa shape index (κ1) is 19.3. The number of halogens is 3. The van der Waals surface area contributed by atoms with Crippen LogP contribution in [-0.4, -0.2) is 26.3 Å². The van der Waals surface area contributed by atoms with Crippen molar-refractivity contribution in [1.82, 2.24) is 5.43 Å². The first-order valence-electron chi connectivity index (χ1n) is 7.53. The van der Waals surface area contributed by atoms with Gasteiger partial charge in [-0.2, -0.15) is 18.3 Å². The Labute approximate surface area is 148 Å². The van der Waals surface area contributed by atoms with Crippen LogP contribution in [0.2, 0.25) is 0 Å². The molecule has 1 N–H and O–H groups in total. The van der Waals surface area contributed by atoms with E-state index in [1.807, 2.05) is 0 Å². The van der Waals surface area contributed by atoms with Crippen LogP contribution in [0.1, 0.15) is 16.7 Å². The summed E-state index contributed by atoms with van der Waals surface area (Å²) >= 11 is 0. The van der Waals surface area contributed by atoms with Gasteiger partial charge in [-0.3, -0.25) is 4.79 Å². The number of carbonyl (C=O) groups is 1. The van der Waals surface area contributed by atoms with E-state index in [0.29, 0.717) is 17.1 Å². The van der Waals surface area contributed by atoms with Gasteiger partial charge in [-0.05, 0) is 29.8 Å². The summed E-state index contributed by atoms with van der Waals surface area (Å²) in [6, 6.07) is 9.66. The van der Waals surface area contributed by atoms with Gasteiger partial charge >= 0.3 is 6.18 Å². The summed E-state index contributed by atoms with van der Waals surface area (Å²) in [5, 5.41) is 3.81. The first-order chi connectivity index (χ1) is 12.3. The second-order valence-corrected chi connectivity index (χ2v) is 5.28. The number of hydrazone groups is 1. The lowest BCUT2D eigenvalue weighted by Crippen LogP contribution is -2.20. The standard InChI is InChI=1S/C18H17F3N2O3/c1-25-15-6-7-16(26-2)13(10-15)11-22-23-17(24)9-12-4-3-5-14(8-12)18(19,20)21/h3-8,10-11H,9H2,1-2H3,(H,23,24)/b22-11-. The highest BCUT2D eigenvalue weighted by molar-refractivity contribution is 5.86. The molecule has 0 aliphatic heterocycles. The van der Waals surface area contributed by atoms with Crippen LogP contribution in [0, 0.1) is 0 Å². The summed E-state index contributed by atoms with van der Waals surface area (Å²) < 4.78 is 48.3. The Morgan fingerprint density at radius 2 is 1.92 bits per heavy atom. The summed E-state index contributed by atoms with van der Waals surface area (Å²) in [4.78, 5) is 11.9. The van der Waals surface area contributed by atoms with Crippen LogP contribution in [0.15, 0.2) is 47.6 Å². The van der Waals surface area contributed by atoms with E-state index in [9.17, 15) is 18.0 Å². The number of ether oxygens (including phenoxy) is 2. The van der Waals surface area contributed by atoms with Gasteiger partial charge in [0.1, 0.15) is 11.5 Å². The van der Waals surface area contributed by atoms with Crippen molar-refractivity contribution in [2.24, 2.45) is 5.10 Å². The number of alkyl halides is 3. The third-order valence-corrected chi connectivity index (χ3v) is 3.45. The maximum Gasteiger partial charge on any atom is 0.416 e. The molecule has 1 amide bonds. The maximum absolute atomic E-state index is 12.7. The Kier molecular flexibility index (Phi) is 6.21. The molecule has 0 saturated carbocycles. The quantitative estimate of drug-likeness (QED) is 0.630. The summed E-state index contributed by atoms with van der Waals surface area (Å²) in [6.45, 7) is 0. The summed E-state index contributed by atoms with van der Waals surface area (Å²) in [6.07, 6.45) is -3.31. The number of nitrogens with zero attached hydrogens (tertiary/aromatic N) is 1. The Hall–Kier alpha value is -3.03. The SMILES string of the molecule is COc1ccc(OC)c(/C=N\NC(=O)Cc2cccc(C(F)(F)F)c2)c1. The van der Waals surface area contributed by atoms with Crippen LogP contribution < -0.4 is 14.9 Å². The van der Waals surface area contributed by atoms with E-state index in [2.05, 4.69) is 10.5 Å². The highest BCUT2D eigenvalue weighted by Crippen LogP contribution is 2.29. The summed E-state index contributed by atoms with van der Waals surface area (Å²) in [5.74, 6) is 0.576. The molecule has 8 heteroatoms. The molecule has 0 unspecified atom stereocenters. The molecule has 0 aromatic heterocycles. The van der Waals surface area contributed by atoms with Crippen molar-refractivity contribution in [3.05, 3.63) is 59.2 Å². The van der Waals surface area contributed by atoms with Gasteiger partial charge < -0.3 is 9.47 Å². The molecule has 0 fully saturated rings. The lowest BCUT2D eigenvalue weighted by molar-refractivity contribution is -0.137. The summed E-state index contributed by atoms with van der Waals surface area (Å²) in [7, 11) is 3.00. The third-order valence-electron chi connectivity index (χ3n) is 3.45. The molecule has 2 rings (SSSR count). The normalized spacial score (nSPS) is 11.4. The fourth-order valence-corrected chi connectivity index (χ4v) is 2.20. The van der Waals surface area contributed by atoms with E-state index in [4.69, 9.17) is 9.47 Å². The molecule has 0 aliphatic rings. The van der Waals surface area contributed by atoms with Crippen LogP contribution in [0.5, 0.6) is 11.5 Å². The second kappa shape index (κ2) is 8.37. The second-order valence-electron chi connectivity index (χ2n) is 5.28. The molecular formula is C18H17F3N2O3. The van der Waals surface area contributed by atoms with Crippen molar-refractivity contribution in [1.29, 1.82) is 0 Å². The molecule has 138 valence electrons. The van der Waals surface area contributed by atoms with Gasteiger partial charge in [0.15, 0.2) is 0 Å². The van der Waals surface area contributed by atoms with Gasteiger partial charge in [0.2, 0.25) is 5.91 Å². The van der Waals surface area contributed by atoms with Crippen LogP contribution in [0.25, 0.3) is 0 Å². The number of carbonyl (C=O) groups excluding carboxylic acids is 1. The topological polar surface area (TPSA) is 59.9 Å². The Morgan fingerprint density at radius 3 is 2.58 bits per heavy atom.